The summed E-state index contributed by atoms with van der Waals surface area (Å²) in [5, 5.41) is 2.68. The minimum atomic E-state index is -3.91. The number of aryl methyl sites for hydroxylation is 1. The van der Waals surface area contributed by atoms with E-state index in [0.29, 0.717) is 24.5 Å². The molecule has 0 aliphatic heterocycles. The van der Waals surface area contributed by atoms with Crippen molar-refractivity contribution >= 4 is 37.6 Å². The van der Waals surface area contributed by atoms with Gasteiger partial charge in [-0.1, -0.05) is 20.3 Å². The first-order chi connectivity index (χ1) is 17.1. The van der Waals surface area contributed by atoms with E-state index in [2.05, 4.69) is 20.0 Å². The van der Waals surface area contributed by atoms with Crippen molar-refractivity contribution in [3.8, 4) is 0 Å². The normalized spacial score (nSPS) is 11.9. The van der Waals surface area contributed by atoms with E-state index in [-0.39, 0.29) is 21.3 Å². The molecule has 3 aromatic rings. The van der Waals surface area contributed by atoms with Crippen LogP contribution in [0.25, 0.3) is 0 Å². The number of carbonyl (C=O) groups excluding carboxylic acids is 1. The van der Waals surface area contributed by atoms with Gasteiger partial charge in [0.25, 0.3) is 15.9 Å². The second-order valence-corrected chi connectivity index (χ2v) is 11.6. The second kappa shape index (κ2) is 11.6. The van der Waals surface area contributed by atoms with Gasteiger partial charge in [0.1, 0.15) is 0 Å². The fourth-order valence-corrected chi connectivity index (χ4v) is 5.75. The Labute approximate surface area is 211 Å². The number of aromatic nitrogens is 2. The predicted octanol–water partition coefficient (Wildman–Crippen LogP) is 3.65. The first-order valence-corrected chi connectivity index (χ1v) is 14.3. The maximum Gasteiger partial charge on any atom is 0.264 e. The number of rotatable bonds is 11. The van der Waals surface area contributed by atoms with E-state index in [1.807, 2.05) is 6.92 Å². The number of benzene rings is 2. The standard InChI is InChI=1S/C24H29N5O5S2/c1-4-6-17-29(5-2)36(33,34)22-11-7-19(8-12-22)23(30)27-20-9-13-21(14-10-20)35(31,32)28-24-25-16-15-18(3)26-24/h7-16H,4-6,17H2,1-3H3,(H,27,30)(H,25,26,28). The highest BCUT2D eigenvalue weighted by Crippen LogP contribution is 2.20. The number of amides is 1. The molecule has 3 rings (SSSR count). The summed E-state index contributed by atoms with van der Waals surface area (Å²) in [6.07, 6.45) is 3.10. The lowest BCUT2D eigenvalue weighted by molar-refractivity contribution is 0.102. The number of hydrogen-bond donors (Lipinski definition) is 2. The van der Waals surface area contributed by atoms with E-state index < -0.39 is 26.0 Å². The minimum absolute atomic E-state index is 0.0243. The fraction of sp³-hybridized carbons (Fsp3) is 0.292. The lowest BCUT2D eigenvalue weighted by Gasteiger charge is -2.20. The Bertz CT molecular complexity index is 1410. The van der Waals surface area contributed by atoms with Crippen LogP contribution in [0.4, 0.5) is 11.6 Å². The van der Waals surface area contributed by atoms with Gasteiger partial charge in [0, 0.05) is 36.2 Å². The molecule has 1 amide bonds. The van der Waals surface area contributed by atoms with Crippen LogP contribution in [0.5, 0.6) is 0 Å². The van der Waals surface area contributed by atoms with E-state index in [1.165, 1.54) is 59.0 Å². The molecular weight excluding hydrogens is 502 g/mol. The van der Waals surface area contributed by atoms with Crippen molar-refractivity contribution in [2.75, 3.05) is 23.1 Å². The third-order valence-electron chi connectivity index (χ3n) is 5.31. The topological polar surface area (TPSA) is 138 Å². The van der Waals surface area contributed by atoms with Gasteiger partial charge in [-0.15, -0.1) is 0 Å². The Balaban J connectivity index is 1.68. The third kappa shape index (κ3) is 6.65. The van der Waals surface area contributed by atoms with Crippen molar-refractivity contribution in [2.45, 2.75) is 43.4 Å². The van der Waals surface area contributed by atoms with E-state index >= 15 is 0 Å². The summed E-state index contributed by atoms with van der Waals surface area (Å²) in [4.78, 5) is 20.7. The molecule has 0 saturated heterocycles. The average Bonchev–Trinajstić information content (AvgIpc) is 2.84. The van der Waals surface area contributed by atoms with Gasteiger partial charge >= 0.3 is 0 Å². The molecule has 0 radical (unpaired) electrons. The van der Waals surface area contributed by atoms with Crippen LogP contribution in [0.3, 0.4) is 0 Å². The molecule has 2 N–H and O–H groups in total. The molecule has 36 heavy (non-hydrogen) atoms. The van der Waals surface area contributed by atoms with Gasteiger partial charge in [-0.2, -0.15) is 4.31 Å². The third-order valence-corrected chi connectivity index (χ3v) is 8.64. The maximum atomic E-state index is 12.8. The van der Waals surface area contributed by atoms with Gasteiger partial charge in [0.2, 0.25) is 16.0 Å². The van der Waals surface area contributed by atoms with Crippen molar-refractivity contribution in [3.05, 3.63) is 72.1 Å². The number of nitrogens with zero attached hydrogens (tertiary/aromatic N) is 3. The van der Waals surface area contributed by atoms with Crippen LogP contribution in [0, 0.1) is 6.92 Å². The lowest BCUT2D eigenvalue weighted by Crippen LogP contribution is -2.31. The number of anilines is 2. The van der Waals surface area contributed by atoms with Crippen LogP contribution in [0.2, 0.25) is 0 Å². The Kier molecular flexibility index (Phi) is 8.77. The first kappa shape index (κ1) is 27.2. The summed E-state index contributed by atoms with van der Waals surface area (Å²) in [5.41, 5.74) is 1.25. The zero-order valence-electron chi connectivity index (χ0n) is 20.3. The van der Waals surface area contributed by atoms with Crippen molar-refractivity contribution in [2.24, 2.45) is 0 Å². The highest BCUT2D eigenvalue weighted by atomic mass is 32.2. The molecule has 0 bridgehead atoms. The highest BCUT2D eigenvalue weighted by molar-refractivity contribution is 7.92. The van der Waals surface area contributed by atoms with E-state index in [1.54, 1.807) is 19.9 Å². The number of unbranched alkanes of at least 4 members (excludes halogenated alkanes) is 1. The minimum Gasteiger partial charge on any atom is -0.322 e. The summed E-state index contributed by atoms with van der Waals surface area (Å²) in [6.45, 7) is 6.31. The molecule has 10 nitrogen and oxygen atoms in total. The molecule has 0 aliphatic rings. The van der Waals surface area contributed by atoms with Gasteiger partial charge < -0.3 is 5.32 Å². The molecule has 12 heteroatoms. The van der Waals surface area contributed by atoms with Crippen LogP contribution in [0.1, 0.15) is 42.7 Å². The molecule has 0 saturated carbocycles. The molecule has 192 valence electrons. The Hall–Kier alpha value is -3.35. The van der Waals surface area contributed by atoms with Crippen LogP contribution >= 0.6 is 0 Å². The molecule has 0 atom stereocenters. The van der Waals surface area contributed by atoms with Crippen molar-refractivity contribution in [1.29, 1.82) is 0 Å². The van der Waals surface area contributed by atoms with E-state index in [0.717, 1.165) is 12.8 Å². The SMILES string of the molecule is CCCCN(CC)S(=O)(=O)c1ccc(C(=O)Nc2ccc(S(=O)(=O)Nc3nccc(C)n3)cc2)cc1. The molecule has 2 aromatic carbocycles. The highest BCUT2D eigenvalue weighted by Gasteiger charge is 2.23. The zero-order valence-corrected chi connectivity index (χ0v) is 21.9. The summed E-state index contributed by atoms with van der Waals surface area (Å²) in [7, 11) is -7.55. The first-order valence-electron chi connectivity index (χ1n) is 11.4. The van der Waals surface area contributed by atoms with Gasteiger partial charge in [-0.05, 0) is 67.9 Å². The Morgan fingerprint density at radius 1 is 0.917 bits per heavy atom. The van der Waals surface area contributed by atoms with Crippen molar-refractivity contribution in [3.63, 3.8) is 0 Å². The smallest absolute Gasteiger partial charge is 0.264 e. The number of sulfonamides is 2. The van der Waals surface area contributed by atoms with Crippen LogP contribution in [-0.2, 0) is 20.0 Å². The zero-order chi connectivity index (χ0) is 26.3. The lowest BCUT2D eigenvalue weighted by atomic mass is 10.2. The summed E-state index contributed by atoms with van der Waals surface area (Å²) >= 11 is 0. The number of nitrogens with one attached hydrogen (secondary N) is 2. The summed E-state index contributed by atoms with van der Waals surface area (Å²) in [5.74, 6) is -0.496. The van der Waals surface area contributed by atoms with Gasteiger partial charge in [-0.3, -0.25) is 4.79 Å². The van der Waals surface area contributed by atoms with Crippen molar-refractivity contribution in [1.82, 2.24) is 14.3 Å². The van der Waals surface area contributed by atoms with Gasteiger partial charge in [0.15, 0.2) is 0 Å². The number of carbonyl (C=O) groups is 1. The molecule has 0 fully saturated rings. The average molecular weight is 532 g/mol. The predicted molar refractivity (Wildman–Crippen MR) is 138 cm³/mol. The fourth-order valence-electron chi connectivity index (χ4n) is 3.31. The van der Waals surface area contributed by atoms with Crippen LogP contribution < -0.4 is 10.0 Å². The van der Waals surface area contributed by atoms with E-state index in [9.17, 15) is 21.6 Å². The Morgan fingerprint density at radius 3 is 2.14 bits per heavy atom. The molecular formula is C24H29N5O5S2. The number of hydrogen-bond acceptors (Lipinski definition) is 7. The summed E-state index contributed by atoms with van der Waals surface area (Å²) < 4.78 is 54.6. The summed E-state index contributed by atoms with van der Waals surface area (Å²) in [6, 6.07) is 13.0. The molecule has 0 aliphatic carbocycles. The quantitative estimate of drug-likeness (QED) is 0.385. The van der Waals surface area contributed by atoms with E-state index in [4.69, 9.17) is 0 Å². The van der Waals surface area contributed by atoms with Crippen LogP contribution in [0.15, 0.2) is 70.6 Å². The van der Waals surface area contributed by atoms with Gasteiger partial charge in [0.05, 0.1) is 9.79 Å². The largest absolute Gasteiger partial charge is 0.322 e. The molecule has 1 aromatic heterocycles. The van der Waals surface area contributed by atoms with Gasteiger partial charge in [-0.25, -0.2) is 31.5 Å². The molecule has 0 unspecified atom stereocenters. The Morgan fingerprint density at radius 2 is 1.56 bits per heavy atom. The molecule has 1 heterocycles. The van der Waals surface area contributed by atoms with Crippen molar-refractivity contribution < 1.29 is 21.6 Å². The monoisotopic (exact) mass is 531 g/mol. The molecule has 0 spiro atoms. The van der Waals surface area contributed by atoms with Crippen LogP contribution in [-0.4, -0.2) is 50.1 Å². The maximum absolute atomic E-state index is 12.8. The second-order valence-electron chi connectivity index (χ2n) is 7.98.